The summed E-state index contributed by atoms with van der Waals surface area (Å²) in [7, 11) is 0. The van der Waals surface area contributed by atoms with Gasteiger partial charge in [0.25, 0.3) is 0 Å². The second kappa shape index (κ2) is 6.05. The maximum absolute atomic E-state index is 2.21. The average Bonchev–Trinajstić information content (AvgIpc) is 2.30. The minimum absolute atomic E-state index is 0. The molecule has 15 heavy (non-hydrogen) atoms. The number of hydrogen-bond acceptors (Lipinski definition) is 0. The first kappa shape index (κ1) is 12.4. The van der Waals surface area contributed by atoms with Gasteiger partial charge in [-0.3, -0.25) is 0 Å². The van der Waals surface area contributed by atoms with Crippen LogP contribution in [0.5, 0.6) is 0 Å². The molecule has 0 radical (unpaired) electrons. The molecule has 2 heteroatoms. The SMILES string of the molecule is [Cl-].[Zn+][CH](c1ccccc1)c1ccccc1. The molecule has 2 rings (SSSR count). The summed E-state index contributed by atoms with van der Waals surface area (Å²) < 4.78 is 0.609. The Labute approximate surface area is 107 Å². The quantitative estimate of drug-likeness (QED) is 0.688. The molecule has 0 nitrogen and oxygen atoms in total. The average molecular weight is 268 g/mol. The molecule has 72 valence electrons. The Bertz CT molecular complexity index is 346. The van der Waals surface area contributed by atoms with Gasteiger partial charge in [-0.1, -0.05) is 0 Å². The van der Waals surface area contributed by atoms with E-state index in [0.717, 1.165) is 0 Å². The summed E-state index contributed by atoms with van der Waals surface area (Å²) in [6.07, 6.45) is 0. The van der Waals surface area contributed by atoms with Gasteiger partial charge in [-0.25, -0.2) is 0 Å². The molecule has 0 aliphatic carbocycles. The van der Waals surface area contributed by atoms with E-state index >= 15 is 0 Å². The monoisotopic (exact) mass is 266 g/mol. The predicted octanol–water partition coefficient (Wildman–Crippen LogP) is 0.327. The molecule has 0 atom stereocenters. The second-order valence-corrected chi connectivity index (χ2v) is 5.09. The first-order valence-electron chi connectivity index (χ1n) is 4.81. The summed E-state index contributed by atoms with van der Waals surface area (Å²) in [6, 6.07) is 21.4. The van der Waals surface area contributed by atoms with Crippen LogP contribution >= 0.6 is 0 Å². The van der Waals surface area contributed by atoms with Crippen LogP contribution < -0.4 is 12.4 Å². The summed E-state index contributed by atoms with van der Waals surface area (Å²) >= 11 is 1.27. The molecule has 0 saturated carbocycles. The van der Waals surface area contributed by atoms with Crippen molar-refractivity contribution in [1.29, 1.82) is 0 Å². The predicted molar refractivity (Wildman–Crippen MR) is 54.7 cm³/mol. The van der Waals surface area contributed by atoms with E-state index in [4.69, 9.17) is 0 Å². The number of halogens is 1. The molecule has 0 aliphatic heterocycles. The van der Waals surface area contributed by atoms with Crippen molar-refractivity contribution < 1.29 is 30.7 Å². The van der Waals surface area contributed by atoms with E-state index in [0.29, 0.717) is 4.51 Å². The molecule has 0 bridgehead atoms. The van der Waals surface area contributed by atoms with Crippen LogP contribution in [0.15, 0.2) is 60.7 Å². The van der Waals surface area contributed by atoms with Crippen molar-refractivity contribution in [3.8, 4) is 0 Å². The topological polar surface area (TPSA) is 0 Å². The van der Waals surface area contributed by atoms with E-state index in [-0.39, 0.29) is 12.4 Å². The van der Waals surface area contributed by atoms with Crippen molar-refractivity contribution in [2.24, 2.45) is 0 Å². The summed E-state index contributed by atoms with van der Waals surface area (Å²) in [6.45, 7) is 0. The fourth-order valence-electron chi connectivity index (χ4n) is 1.56. The number of hydrogen-bond donors (Lipinski definition) is 0. The van der Waals surface area contributed by atoms with Gasteiger partial charge in [-0.15, -0.1) is 0 Å². The van der Waals surface area contributed by atoms with Gasteiger partial charge in [0.15, 0.2) is 0 Å². The summed E-state index contributed by atoms with van der Waals surface area (Å²) in [5.74, 6) is 0. The van der Waals surface area contributed by atoms with E-state index in [1.54, 1.807) is 0 Å². The van der Waals surface area contributed by atoms with Crippen LogP contribution in [0.3, 0.4) is 0 Å². The van der Waals surface area contributed by atoms with Crippen molar-refractivity contribution in [1.82, 2.24) is 0 Å². The molecular weight excluding hydrogens is 257 g/mol. The summed E-state index contributed by atoms with van der Waals surface area (Å²) in [4.78, 5) is 0. The Hall–Kier alpha value is -0.647. The van der Waals surface area contributed by atoms with Crippen LogP contribution in [0.2, 0.25) is 0 Å². The summed E-state index contributed by atoms with van der Waals surface area (Å²) in [5.41, 5.74) is 2.86. The molecule has 0 heterocycles. The Kier molecular flexibility index (Phi) is 5.01. The van der Waals surface area contributed by atoms with Gasteiger partial charge in [0, 0.05) is 0 Å². The van der Waals surface area contributed by atoms with E-state index < -0.39 is 0 Å². The Morgan fingerprint density at radius 1 is 0.667 bits per heavy atom. The molecule has 0 N–H and O–H groups in total. The maximum atomic E-state index is 2.21. The van der Waals surface area contributed by atoms with Gasteiger partial charge in [0.1, 0.15) is 0 Å². The fourth-order valence-corrected chi connectivity index (χ4v) is 2.71. The molecule has 0 aliphatic rings. The Balaban J connectivity index is 0.00000112. The first-order chi connectivity index (χ1) is 6.88. The van der Waals surface area contributed by atoms with E-state index in [9.17, 15) is 0 Å². The van der Waals surface area contributed by atoms with Crippen LogP contribution in [-0.4, -0.2) is 0 Å². The fraction of sp³-hybridized carbons (Fsp3) is 0.0769. The zero-order valence-electron chi connectivity index (χ0n) is 8.44. The van der Waals surface area contributed by atoms with Crippen molar-refractivity contribution in [3.63, 3.8) is 0 Å². The Morgan fingerprint density at radius 2 is 1.00 bits per heavy atom. The van der Waals surface area contributed by atoms with E-state index in [1.165, 1.54) is 29.4 Å². The van der Waals surface area contributed by atoms with Gasteiger partial charge in [-0.2, -0.15) is 0 Å². The van der Waals surface area contributed by atoms with Gasteiger partial charge < -0.3 is 12.4 Å². The van der Waals surface area contributed by atoms with Crippen molar-refractivity contribution in [3.05, 3.63) is 71.8 Å². The zero-order chi connectivity index (χ0) is 9.80. The molecular formula is C13H11ClZn. The van der Waals surface area contributed by atoms with Crippen LogP contribution in [0.1, 0.15) is 15.6 Å². The van der Waals surface area contributed by atoms with Gasteiger partial charge in [0.2, 0.25) is 0 Å². The first-order valence-corrected chi connectivity index (χ1v) is 6.52. The molecule has 2 aromatic rings. The van der Waals surface area contributed by atoms with Crippen LogP contribution in [-0.2, 0) is 18.3 Å². The van der Waals surface area contributed by atoms with Crippen LogP contribution in [0.25, 0.3) is 0 Å². The van der Waals surface area contributed by atoms with Gasteiger partial charge >= 0.3 is 94.6 Å². The number of rotatable bonds is 2. The third-order valence-corrected chi connectivity index (χ3v) is 4.38. The standard InChI is InChI=1S/C13H11.ClH.Zn/c1-3-7-12(8-4-1)11-13-9-5-2-6-10-13;;/h1-11H;1H;/q;;+1/p-1. The Morgan fingerprint density at radius 3 is 1.33 bits per heavy atom. The van der Waals surface area contributed by atoms with E-state index in [1.807, 2.05) is 0 Å². The van der Waals surface area contributed by atoms with Crippen LogP contribution in [0, 0.1) is 0 Å². The molecule has 0 amide bonds. The van der Waals surface area contributed by atoms with Crippen LogP contribution in [0.4, 0.5) is 0 Å². The van der Waals surface area contributed by atoms with Crippen molar-refractivity contribution in [2.45, 2.75) is 4.51 Å². The molecule has 0 fully saturated rings. The molecule has 0 aromatic heterocycles. The van der Waals surface area contributed by atoms with Gasteiger partial charge in [-0.05, 0) is 0 Å². The third-order valence-electron chi connectivity index (χ3n) is 2.40. The third kappa shape index (κ3) is 3.16. The number of benzene rings is 2. The normalized spacial score (nSPS) is 9.80. The van der Waals surface area contributed by atoms with Crippen molar-refractivity contribution in [2.75, 3.05) is 0 Å². The molecule has 0 unspecified atom stereocenters. The van der Waals surface area contributed by atoms with Gasteiger partial charge in [0.05, 0.1) is 0 Å². The second-order valence-electron chi connectivity index (χ2n) is 3.37. The molecule has 0 saturated heterocycles. The molecule has 0 spiro atoms. The summed E-state index contributed by atoms with van der Waals surface area (Å²) in [5, 5.41) is 0. The zero-order valence-corrected chi connectivity index (χ0v) is 12.2. The van der Waals surface area contributed by atoms with E-state index in [2.05, 4.69) is 60.7 Å². The minimum atomic E-state index is 0. The molecule has 2 aromatic carbocycles. The van der Waals surface area contributed by atoms with Crippen molar-refractivity contribution >= 4 is 0 Å².